The van der Waals surface area contributed by atoms with Crippen molar-refractivity contribution >= 4 is 20.0 Å². The molecule has 13 heteroatoms. The van der Waals surface area contributed by atoms with Gasteiger partial charge in [0.2, 0.25) is 5.92 Å². The number of hydrogen-bond acceptors (Lipinski definition) is 9. The van der Waals surface area contributed by atoms with E-state index in [-0.39, 0.29) is 141 Å². The van der Waals surface area contributed by atoms with Gasteiger partial charge < -0.3 is 35.3 Å². The molecule has 0 unspecified atom stereocenters. The van der Waals surface area contributed by atoms with E-state index in [4.69, 9.17) is 23.7 Å². The summed E-state index contributed by atoms with van der Waals surface area (Å²) in [6.07, 6.45) is 5.18. The minimum absolute atomic E-state index is 0. The molecular weight excluding hydrogens is 1450 g/mol. The first-order valence-electron chi connectivity index (χ1n) is 40.4. The minimum atomic E-state index is -2.60. The van der Waals surface area contributed by atoms with Gasteiger partial charge in [-0.25, -0.2) is 8.78 Å². The normalized spacial score (nSPS) is 26.7. The summed E-state index contributed by atoms with van der Waals surface area (Å²) in [6.45, 7) is 20.8. The van der Waals surface area contributed by atoms with Crippen LogP contribution in [0.5, 0.6) is 28.7 Å². The van der Waals surface area contributed by atoms with Crippen molar-refractivity contribution in [3.8, 4) is 28.7 Å². The molecule has 10 aliphatic rings. The molecule has 5 aliphatic heterocycles. The van der Waals surface area contributed by atoms with E-state index in [2.05, 4.69) is 225 Å². The average molecular weight is 1570 g/mol. The molecule has 116 heavy (non-hydrogen) atoms. The number of Topliss-reactive ketones (excluding diaryl/α,β-unsaturated/α-hetero) is 2. The monoisotopic (exact) mass is 1570 g/mol. The third-order valence-electron chi connectivity index (χ3n) is 25.7. The Morgan fingerprint density at radius 3 is 0.784 bits per heavy atom. The van der Waals surface area contributed by atoms with Crippen LogP contribution in [0.1, 0.15) is 259 Å². The maximum Gasteiger partial charge on any atom is 1.00 e. The molecule has 0 amide bonds. The SMILES string of the molecule is C.C.C.Cc1ccc([C@H]2Oc3ccc(C)cc3[C@H]3CC(=O)C[C@H]32)cc1.Cc1ccc([C@H]2Oc3ccc(C)cc3[C@H]3CC(=O)C[C@H]32)cc1.Cc1ccc([C@H]2Oc3ccc(C)cc3[C@H]3CC(F)(F)C[C@H]32)cc1.Cc1ccc([C@H]2Oc3ccc(C)cc3[C@H]3C[C@@H](O)C[C@H]32)cc1.Cc1ccc([C@H]2Oc3ccc(C)cc3[C@H]3C[C@H](O)C[C@H]32)cc1.[B].[H-].[Na+]. The first-order valence-corrected chi connectivity index (χ1v) is 40.4. The standard InChI is InChI=1S/C20H20F2O.2C20H22O2.2C20H20O2.3CH4.B.Na.H/c1-12-3-6-14(7-4-12)19-17-11-20(21,22)10-16(17)15-9-13(2)5-8-18(15)23-19;4*1-12-3-6-14(7-4-12)20-18-11-15(21)10-16(18)17-9-13(2)5-8-19(17)22-20;;;;;;/h3-9,16-17,19H,10-11H2,1-2H3;2*3-9,15-16,18,20-21H,10-11H2,1-2H3;2*3-9,16,18,20H,10-11H2,1-2H3;3*1H4;;;/q;;;;;;;;;+1;-1/t16-,17-,19-;15-,16+,18+,20+;15-,16-,18-,20-;2*16-,18-,20-;;;;;;/m10111....../s1. The number of rotatable bonds is 5. The summed E-state index contributed by atoms with van der Waals surface area (Å²) in [6, 6.07) is 73.8. The molecule has 0 saturated heterocycles. The molecule has 2 N–H and O–H groups in total. The quantitative estimate of drug-likeness (QED) is 0.162. The first-order chi connectivity index (χ1) is 53.4. The number of ether oxygens (including phenoxy) is 5. The summed E-state index contributed by atoms with van der Waals surface area (Å²) in [4.78, 5) is 24.2. The van der Waals surface area contributed by atoms with Gasteiger partial charge in [-0.1, -0.05) is 260 Å². The van der Waals surface area contributed by atoms with Gasteiger partial charge in [0.1, 0.15) is 70.8 Å². The Bertz CT molecular complexity index is 4820. The molecule has 5 aliphatic carbocycles. The second-order valence-electron chi connectivity index (χ2n) is 34.2. The Morgan fingerprint density at radius 1 is 0.293 bits per heavy atom. The van der Waals surface area contributed by atoms with Gasteiger partial charge in [-0.2, -0.15) is 0 Å². The molecule has 10 aromatic rings. The van der Waals surface area contributed by atoms with Crippen LogP contribution in [0.25, 0.3) is 0 Å². The van der Waals surface area contributed by atoms with Gasteiger partial charge in [0.05, 0.1) is 12.2 Å². The molecule has 5 saturated carbocycles. The number of benzene rings is 10. The zero-order valence-corrected chi connectivity index (χ0v) is 69.2. The van der Waals surface area contributed by atoms with Crippen LogP contribution in [0.4, 0.5) is 8.78 Å². The Hall–Kier alpha value is -8.62. The predicted octanol–water partition coefficient (Wildman–Crippen LogP) is 21.8. The molecule has 0 aromatic heterocycles. The summed E-state index contributed by atoms with van der Waals surface area (Å²) in [7, 11) is 0. The van der Waals surface area contributed by atoms with E-state index in [1.807, 2.05) is 56.3 Å². The zero-order valence-electron chi connectivity index (χ0n) is 68.2. The van der Waals surface area contributed by atoms with Gasteiger partial charge >= 0.3 is 29.6 Å². The summed E-state index contributed by atoms with van der Waals surface area (Å²) in [5.41, 5.74) is 24.0. The number of fused-ring (bicyclic) bond motifs is 15. The smallest absolute Gasteiger partial charge is 1.00 e. The van der Waals surface area contributed by atoms with Crippen molar-refractivity contribution in [3.63, 3.8) is 0 Å². The largest absolute Gasteiger partial charge is 1.00 e. The number of carbonyl (C=O) groups excluding carboxylic acids is 2. The molecule has 601 valence electrons. The number of alkyl halides is 2. The Kier molecular flexibility index (Phi) is 27.9. The average Bonchev–Trinajstić information content (AvgIpc) is 1.67. The molecule has 9 nitrogen and oxygen atoms in total. The van der Waals surface area contributed by atoms with Crippen LogP contribution in [-0.4, -0.2) is 48.3 Å². The van der Waals surface area contributed by atoms with E-state index in [1.54, 1.807) is 0 Å². The van der Waals surface area contributed by atoms with E-state index in [0.29, 0.717) is 72.8 Å². The van der Waals surface area contributed by atoms with Crippen molar-refractivity contribution in [2.75, 3.05) is 0 Å². The number of ketones is 2. The molecule has 17 atom stereocenters. The van der Waals surface area contributed by atoms with Gasteiger partial charge in [0.25, 0.3) is 0 Å². The molecule has 20 rings (SSSR count). The summed E-state index contributed by atoms with van der Waals surface area (Å²) < 4.78 is 59.8. The number of carbonyl (C=O) groups is 2. The van der Waals surface area contributed by atoms with Gasteiger partial charge in [-0.15, -0.1) is 0 Å². The third kappa shape index (κ3) is 18.6. The van der Waals surface area contributed by atoms with Crippen molar-refractivity contribution in [2.45, 2.75) is 234 Å². The van der Waals surface area contributed by atoms with E-state index >= 15 is 0 Å². The van der Waals surface area contributed by atoms with Crippen molar-refractivity contribution in [2.24, 2.45) is 29.6 Å². The van der Waals surface area contributed by atoms with Crippen molar-refractivity contribution in [1.82, 2.24) is 0 Å². The summed E-state index contributed by atoms with van der Waals surface area (Å²) >= 11 is 0. The van der Waals surface area contributed by atoms with E-state index in [0.717, 1.165) is 76.7 Å². The minimum Gasteiger partial charge on any atom is -1.00 e. The fraction of sp³-hybridized carbons (Fsp3) is 0.398. The molecule has 5 heterocycles. The van der Waals surface area contributed by atoms with Crippen LogP contribution in [0.2, 0.25) is 0 Å². The fourth-order valence-corrected chi connectivity index (χ4v) is 20.1. The molecule has 0 bridgehead atoms. The summed E-state index contributed by atoms with van der Waals surface area (Å²) in [5, 5.41) is 20.4. The van der Waals surface area contributed by atoms with Crippen molar-refractivity contribution in [1.29, 1.82) is 0 Å². The predicted molar refractivity (Wildman–Crippen MR) is 460 cm³/mol. The van der Waals surface area contributed by atoms with Gasteiger partial charge in [0.15, 0.2) is 0 Å². The van der Waals surface area contributed by atoms with Crippen LogP contribution < -0.4 is 53.2 Å². The second-order valence-corrected chi connectivity index (χ2v) is 34.2. The topological polar surface area (TPSA) is 121 Å². The van der Waals surface area contributed by atoms with Gasteiger partial charge in [0, 0.05) is 94.3 Å². The number of aliphatic hydroxyl groups excluding tert-OH is 2. The molecule has 5 fully saturated rings. The molecule has 10 aromatic carbocycles. The Balaban J connectivity index is 0.000000152. The van der Waals surface area contributed by atoms with Crippen LogP contribution in [0, 0.1) is 98.8 Å². The zero-order chi connectivity index (χ0) is 77.3. The van der Waals surface area contributed by atoms with Crippen LogP contribution in [-0.2, 0) is 9.59 Å². The Labute approximate surface area is 714 Å². The van der Waals surface area contributed by atoms with Gasteiger partial charge in [-0.05, 0) is 193 Å². The molecule has 3 radical (unpaired) electrons. The van der Waals surface area contributed by atoms with Crippen LogP contribution >= 0.6 is 0 Å². The van der Waals surface area contributed by atoms with Gasteiger partial charge in [-0.3, -0.25) is 9.59 Å². The number of hydrogen-bond donors (Lipinski definition) is 2. The number of aryl methyl sites for hydroxylation is 10. The van der Waals surface area contributed by atoms with Crippen LogP contribution in [0.15, 0.2) is 212 Å². The summed E-state index contributed by atoms with van der Waals surface area (Å²) in [5.74, 6) is 5.19. The third-order valence-corrected chi connectivity index (χ3v) is 25.7. The molecule has 0 spiro atoms. The maximum atomic E-state index is 14.1. The van der Waals surface area contributed by atoms with E-state index < -0.39 is 5.92 Å². The first kappa shape index (κ1) is 88.2. The number of aliphatic hydroxyl groups is 2. The van der Waals surface area contributed by atoms with Crippen molar-refractivity contribution in [3.05, 3.63) is 324 Å². The van der Waals surface area contributed by atoms with Crippen molar-refractivity contribution < 1.29 is 83.3 Å². The van der Waals surface area contributed by atoms with Crippen LogP contribution in [0.3, 0.4) is 0 Å². The van der Waals surface area contributed by atoms with E-state index in [1.165, 1.54) is 89.0 Å². The van der Waals surface area contributed by atoms with E-state index in [9.17, 15) is 28.6 Å². The number of halogens is 2. The fourth-order valence-electron chi connectivity index (χ4n) is 20.1. The second kappa shape index (κ2) is 36.7. The Morgan fingerprint density at radius 2 is 0.517 bits per heavy atom. The maximum absolute atomic E-state index is 14.1. The molecular formula is C103H117BF2NaO9.